The molecule has 2 heterocycles. The van der Waals surface area contributed by atoms with Gasteiger partial charge in [-0.3, -0.25) is 4.90 Å². The van der Waals surface area contributed by atoms with Crippen LogP contribution in [0.5, 0.6) is 0 Å². The van der Waals surface area contributed by atoms with Crippen LogP contribution in [0.4, 0.5) is 0 Å². The summed E-state index contributed by atoms with van der Waals surface area (Å²) in [4.78, 5) is 7.12. The molecule has 1 aromatic heterocycles. The monoisotopic (exact) mass is 225 g/mol. The van der Waals surface area contributed by atoms with Crippen molar-refractivity contribution in [1.82, 2.24) is 15.2 Å². The average Bonchev–Trinajstić information content (AvgIpc) is 2.69. The van der Waals surface area contributed by atoms with Crippen LogP contribution in [0.25, 0.3) is 0 Å². The summed E-state index contributed by atoms with van der Waals surface area (Å²) in [5.74, 6) is 0. The van der Waals surface area contributed by atoms with Gasteiger partial charge < -0.3 is 5.32 Å². The lowest BCUT2D eigenvalue weighted by molar-refractivity contribution is 0.164. The maximum Gasteiger partial charge on any atom is 0.0926 e. The van der Waals surface area contributed by atoms with Crippen LogP contribution in [-0.2, 0) is 13.0 Å². The zero-order valence-electron chi connectivity index (χ0n) is 9.49. The summed E-state index contributed by atoms with van der Waals surface area (Å²) in [6, 6.07) is 0.630. The van der Waals surface area contributed by atoms with E-state index in [9.17, 15) is 0 Å². The van der Waals surface area contributed by atoms with Gasteiger partial charge in [-0.15, -0.1) is 11.3 Å². The Kier molecular flexibility index (Phi) is 3.72. The largest absolute Gasteiger partial charge is 0.314 e. The average molecular weight is 225 g/mol. The molecule has 1 atom stereocenters. The predicted octanol–water partition coefficient (Wildman–Crippen LogP) is 1.50. The molecule has 84 valence electrons. The number of aromatic nitrogens is 1. The Morgan fingerprint density at radius 1 is 1.67 bits per heavy atom. The molecule has 15 heavy (non-hydrogen) atoms. The Morgan fingerprint density at radius 3 is 3.20 bits per heavy atom. The highest BCUT2D eigenvalue weighted by atomic mass is 32.1. The molecule has 1 fully saturated rings. The fourth-order valence-corrected chi connectivity index (χ4v) is 2.65. The van der Waals surface area contributed by atoms with E-state index in [0.29, 0.717) is 6.04 Å². The van der Waals surface area contributed by atoms with Gasteiger partial charge in [-0.25, -0.2) is 4.98 Å². The molecule has 3 nitrogen and oxygen atoms in total. The third-order valence-corrected chi connectivity index (χ3v) is 3.95. The van der Waals surface area contributed by atoms with E-state index >= 15 is 0 Å². The van der Waals surface area contributed by atoms with Crippen molar-refractivity contribution in [2.24, 2.45) is 0 Å². The second-order valence-corrected chi connectivity index (χ2v) is 5.05. The first-order valence-corrected chi connectivity index (χ1v) is 6.55. The van der Waals surface area contributed by atoms with Crippen LogP contribution < -0.4 is 5.32 Å². The van der Waals surface area contributed by atoms with Gasteiger partial charge in [0.15, 0.2) is 0 Å². The lowest BCUT2D eigenvalue weighted by atomic mass is 10.2. The molecule has 0 aliphatic carbocycles. The summed E-state index contributed by atoms with van der Waals surface area (Å²) in [6.45, 7) is 8.80. The second-order valence-electron chi connectivity index (χ2n) is 4.11. The molecule has 2 rings (SSSR count). The van der Waals surface area contributed by atoms with Crippen LogP contribution in [0.2, 0.25) is 0 Å². The van der Waals surface area contributed by atoms with Crippen LogP contribution in [-0.4, -0.2) is 35.6 Å². The zero-order valence-corrected chi connectivity index (χ0v) is 10.3. The number of nitrogens with zero attached hydrogens (tertiary/aromatic N) is 2. The summed E-state index contributed by atoms with van der Waals surface area (Å²) in [7, 11) is 0. The van der Waals surface area contributed by atoms with E-state index in [1.165, 1.54) is 10.7 Å². The molecule has 0 bridgehead atoms. The molecule has 1 aliphatic rings. The van der Waals surface area contributed by atoms with Crippen molar-refractivity contribution >= 4 is 11.3 Å². The smallest absolute Gasteiger partial charge is 0.0926 e. The van der Waals surface area contributed by atoms with E-state index in [1.54, 1.807) is 11.3 Å². The molecule has 1 saturated heterocycles. The van der Waals surface area contributed by atoms with Crippen LogP contribution in [0, 0.1) is 0 Å². The molecule has 0 saturated carbocycles. The maximum atomic E-state index is 4.61. The van der Waals surface area contributed by atoms with Gasteiger partial charge in [-0.2, -0.15) is 0 Å². The first-order chi connectivity index (χ1) is 7.29. The van der Waals surface area contributed by atoms with Crippen LogP contribution in [0.3, 0.4) is 0 Å². The van der Waals surface area contributed by atoms with Gasteiger partial charge in [0, 0.05) is 37.6 Å². The predicted molar refractivity (Wildman–Crippen MR) is 64.2 cm³/mol. The molecule has 0 aromatic carbocycles. The lowest BCUT2D eigenvalue weighted by Gasteiger charge is -2.33. The quantitative estimate of drug-likeness (QED) is 0.845. The summed E-state index contributed by atoms with van der Waals surface area (Å²) in [6.07, 6.45) is 1.06. The molecule has 1 aromatic rings. The Balaban J connectivity index is 1.95. The first kappa shape index (κ1) is 11.0. The number of aryl methyl sites for hydroxylation is 1. The molecule has 1 aliphatic heterocycles. The van der Waals surface area contributed by atoms with Crippen molar-refractivity contribution in [3.63, 3.8) is 0 Å². The molecule has 0 spiro atoms. The van der Waals surface area contributed by atoms with Crippen molar-refractivity contribution < 1.29 is 0 Å². The summed E-state index contributed by atoms with van der Waals surface area (Å²) in [5, 5.41) is 6.87. The molecule has 0 unspecified atom stereocenters. The third-order valence-electron chi connectivity index (χ3n) is 2.91. The SMILES string of the molecule is CCc1nc(CN2CCNC[C@H]2C)cs1. The van der Waals surface area contributed by atoms with E-state index in [1.807, 2.05) is 0 Å². The van der Waals surface area contributed by atoms with Crippen molar-refractivity contribution in [1.29, 1.82) is 0 Å². The lowest BCUT2D eigenvalue weighted by Crippen LogP contribution is -2.49. The number of hydrogen-bond acceptors (Lipinski definition) is 4. The third kappa shape index (κ3) is 2.77. The molecule has 0 amide bonds. The van der Waals surface area contributed by atoms with Gasteiger partial charge >= 0.3 is 0 Å². The van der Waals surface area contributed by atoms with Gasteiger partial charge in [-0.05, 0) is 13.3 Å². The van der Waals surface area contributed by atoms with Crippen molar-refractivity contribution in [3.05, 3.63) is 16.1 Å². The van der Waals surface area contributed by atoms with Crippen LogP contribution in [0.15, 0.2) is 5.38 Å². The van der Waals surface area contributed by atoms with Crippen molar-refractivity contribution in [3.8, 4) is 0 Å². The summed E-state index contributed by atoms with van der Waals surface area (Å²) in [5.41, 5.74) is 1.24. The number of piperazine rings is 1. The number of hydrogen-bond donors (Lipinski definition) is 1. The Morgan fingerprint density at radius 2 is 2.53 bits per heavy atom. The normalized spacial score (nSPS) is 23.2. The Bertz CT molecular complexity index is 311. The summed E-state index contributed by atoms with van der Waals surface area (Å²) >= 11 is 1.79. The highest BCUT2D eigenvalue weighted by Crippen LogP contribution is 2.14. The zero-order chi connectivity index (χ0) is 10.7. The second kappa shape index (κ2) is 5.05. The maximum absolute atomic E-state index is 4.61. The molecule has 1 N–H and O–H groups in total. The molecule has 4 heteroatoms. The van der Waals surface area contributed by atoms with Gasteiger partial charge in [-0.1, -0.05) is 6.92 Å². The standard InChI is InChI=1S/C11H19N3S/c1-3-11-13-10(8-15-11)7-14-5-4-12-6-9(14)2/h8-9,12H,3-7H2,1-2H3/t9-/m1/s1. The van der Waals surface area contributed by atoms with Gasteiger partial charge in [0.2, 0.25) is 0 Å². The van der Waals surface area contributed by atoms with E-state index < -0.39 is 0 Å². The van der Waals surface area contributed by atoms with Crippen molar-refractivity contribution in [2.45, 2.75) is 32.9 Å². The number of thiazole rings is 1. The Hall–Kier alpha value is -0.450. The van der Waals surface area contributed by atoms with Gasteiger partial charge in [0.05, 0.1) is 10.7 Å². The minimum absolute atomic E-state index is 0.630. The highest BCUT2D eigenvalue weighted by molar-refractivity contribution is 7.09. The fourth-order valence-electron chi connectivity index (χ4n) is 1.91. The van der Waals surface area contributed by atoms with E-state index in [2.05, 4.69) is 34.4 Å². The van der Waals surface area contributed by atoms with E-state index in [4.69, 9.17) is 0 Å². The number of rotatable bonds is 3. The highest BCUT2D eigenvalue weighted by Gasteiger charge is 2.18. The first-order valence-electron chi connectivity index (χ1n) is 5.67. The fraction of sp³-hybridized carbons (Fsp3) is 0.727. The van der Waals surface area contributed by atoms with E-state index in [-0.39, 0.29) is 0 Å². The Labute approximate surface area is 95.5 Å². The van der Waals surface area contributed by atoms with E-state index in [0.717, 1.165) is 32.6 Å². The minimum Gasteiger partial charge on any atom is -0.314 e. The van der Waals surface area contributed by atoms with Crippen LogP contribution in [0.1, 0.15) is 24.5 Å². The molecular formula is C11H19N3S. The van der Waals surface area contributed by atoms with Gasteiger partial charge in [0.25, 0.3) is 0 Å². The number of nitrogens with one attached hydrogen (secondary N) is 1. The van der Waals surface area contributed by atoms with Gasteiger partial charge in [0.1, 0.15) is 0 Å². The molecule has 0 radical (unpaired) electrons. The van der Waals surface area contributed by atoms with Crippen molar-refractivity contribution in [2.75, 3.05) is 19.6 Å². The topological polar surface area (TPSA) is 28.2 Å². The molecular weight excluding hydrogens is 206 g/mol. The minimum atomic E-state index is 0.630. The summed E-state index contributed by atoms with van der Waals surface area (Å²) < 4.78 is 0. The van der Waals surface area contributed by atoms with Crippen LogP contribution >= 0.6 is 11.3 Å².